The molecule has 7 heteroatoms. The summed E-state index contributed by atoms with van der Waals surface area (Å²) in [4.78, 5) is 38.3. The van der Waals surface area contributed by atoms with Crippen molar-refractivity contribution in [2.75, 3.05) is 19.7 Å². The number of carbonyl (C=O) groups is 2. The molecule has 0 saturated heterocycles. The lowest BCUT2D eigenvalue weighted by Crippen LogP contribution is -2.33. The Bertz CT molecular complexity index is 971. The van der Waals surface area contributed by atoms with Gasteiger partial charge in [0.1, 0.15) is 5.56 Å². The number of rotatable bonds is 5. The molecule has 0 unspecified atom stereocenters. The van der Waals surface area contributed by atoms with Gasteiger partial charge >= 0.3 is 5.63 Å². The molecule has 1 N–H and O–H groups in total. The number of ether oxygens (including phenoxy) is 1. The zero-order valence-electron chi connectivity index (χ0n) is 15.8. The zero-order chi connectivity index (χ0) is 19.7. The molecule has 1 aliphatic rings. The molecule has 2 heterocycles. The monoisotopic (exact) mass is 373 g/mol. The topological polar surface area (TPSA) is 97.0 Å². The Balaban J connectivity index is 2.27. The fraction of sp³-hybridized carbons (Fsp3) is 0.450. The lowest BCUT2D eigenvalue weighted by atomic mass is 9.92. The predicted octanol–water partition coefficient (Wildman–Crippen LogP) is 2.36. The van der Waals surface area contributed by atoms with Crippen LogP contribution in [-0.4, -0.2) is 41.9 Å². The number of phenols is 1. The van der Waals surface area contributed by atoms with Gasteiger partial charge in [-0.3, -0.25) is 9.59 Å². The van der Waals surface area contributed by atoms with Gasteiger partial charge in [0, 0.05) is 24.0 Å². The van der Waals surface area contributed by atoms with E-state index in [0.29, 0.717) is 48.9 Å². The maximum Gasteiger partial charge on any atom is 0.340 e. The Hall–Kier alpha value is -2.83. The van der Waals surface area contributed by atoms with Crippen molar-refractivity contribution in [2.24, 2.45) is 0 Å². The Labute approximate surface area is 156 Å². The maximum atomic E-state index is 12.6. The molecule has 2 aromatic rings. The number of benzene rings is 1. The van der Waals surface area contributed by atoms with Gasteiger partial charge in [0.05, 0.1) is 18.6 Å². The average molecular weight is 373 g/mol. The van der Waals surface area contributed by atoms with E-state index >= 15 is 0 Å². The number of amides is 1. The second-order valence-corrected chi connectivity index (χ2v) is 6.58. The Morgan fingerprint density at radius 3 is 2.63 bits per heavy atom. The van der Waals surface area contributed by atoms with Crippen LogP contribution in [0.4, 0.5) is 0 Å². The summed E-state index contributed by atoms with van der Waals surface area (Å²) in [5.41, 5.74) is 0.846. The number of aromatic hydroxyl groups is 1. The molecular weight excluding hydrogens is 350 g/mol. The second kappa shape index (κ2) is 7.42. The van der Waals surface area contributed by atoms with Gasteiger partial charge in [0.2, 0.25) is 5.91 Å². The summed E-state index contributed by atoms with van der Waals surface area (Å²) in [6.45, 7) is 7.05. The highest BCUT2D eigenvalue weighted by Crippen LogP contribution is 2.43. The standard InChI is InChI=1S/C20H23NO6/c1-4-21(5-2)15(23)9-13-11(3)16-12-7-6-8-26-19(12)17(24)14(10-22)18(16)27-20(13)25/h10,24H,4-9H2,1-3H3. The molecule has 7 nitrogen and oxygen atoms in total. The summed E-state index contributed by atoms with van der Waals surface area (Å²) in [5, 5.41) is 11.0. The van der Waals surface area contributed by atoms with Crippen LogP contribution in [-0.2, 0) is 17.6 Å². The van der Waals surface area contributed by atoms with Crippen LogP contribution in [0, 0.1) is 6.92 Å². The van der Waals surface area contributed by atoms with E-state index in [9.17, 15) is 19.5 Å². The van der Waals surface area contributed by atoms with Crippen LogP contribution in [0.2, 0.25) is 0 Å². The van der Waals surface area contributed by atoms with Crippen molar-refractivity contribution in [1.29, 1.82) is 0 Å². The minimum atomic E-state index is -0.667. The number of carbonyl (C=O) groups excluding carboxylic acids is 2. The van der Waals surface area contributed by atoms with E-state index < -0.39 is 5.63 Å². The normalized spacial score (nSPS) is 13.1. The molecular formula is C20H23NO6. The smallest absolute Gasteiger partial charge is 0.340 e. The largest absolute Gasteiger partial charge is 0.504 e. The Morgan fingerprint density at radius 2 is 2.00 bits per heavy atom. The summed E-state index contributed by atoms with van der Waals surface area (Å²) < 4.78 is 11.0. The molecule has 1 amide bonds. The lowest BCUT2D eigenvalue weighted by molar-refractivity contribution is -0.130. The van der Waals surface area contributed by atoms with Crippen LogP contribution in [0.3, 0.4) is 0 Å². The summed E-state index contributed by atoms with van der Waals surface area (Å²) >= 11 is 0. The maximum absolute atomic E-state index is 12.6. The minimum Gasteiger partial charge on any atom is -0.504 e. The van der Waals surface area contributed by atoms with Crippen LogP contribution in [0.15, 0.2) is 9.21 Å². The van der Waals surface area contributed by atoms with Crippen molar-refractivity contribution >= 4 is 23.2 Å². The molecule has 0 radical (unpaired) electrons. The van der Waals surface area contributed by atoms with Crippen molar-refractivity contribution in [3.8, 4) is 11.5 Å². The van der Waals surface area contributed by atoms with Gasteiger partial charge in [-0.2, -0.15) is 0 Å². The van der Waals surface area contributed by atoms with Crippen LogP contribution in [0.1, 0.15) is 47.3 Å². The number of hydrogen-bond donors (Lipinski definition) is 1. The minimum absolute atomic E-state index is 0.0493. The first-order chi connectivity index (χ1) is 12.9. The lowest BCUT2D eigenvalue weighted by Gasteiger charge is -2.23. The number of phenolic OH excluding ortho intramolecular Hbond substituents is 1. The third kappa shape index (κ3) is 3.07. The molecule has 0 fully saturated rings. The Kier molecular flexibility index (Phi) is 5.21. The van der Waals surface area contributed by atoms with Gasteiger partial charge in [0.25, 0.3) is 0 Å². The molecule has 27 heavy (non-hydrogen) atoms. The second-order valence-electron chi connectivity index (χ2n) is 6.58. The van der Waals surface area contributed by atoms with Crippen molar-refractivity contribution < 1.29 is 23.8 Å². The van der Waals surface area contributed by atoms with E-state index in [-0.39, 0.29) is 40.5 Å². The quantitative estimate of drug-likeness (QED) is 0.638. The first-order valence-electron chi connectivity index (χ1n) is 9.14. The van der Waals surface area contributed by atoms with E-state index in [2.05, 4.69) is 0 Å². The number of aldehydes is 1. The van der Waals surface area contributed by atoms with Crippen molar-refractivity contribution in [3.63, 3.8) is 0 Å². The van der Waals surface area contributed by atoms with Crippen LogP contribution >= 0.6 is 0 Å². The number of likely N-dealkylation sites (N-methyl/N-ethyl adjacent to an activating group) is 1. The first-order valence-corrected chi connectivity index (χ1v) is 9.14. The van der Waals surface area contributed by atoms with Gasteiger partial charge in [-0.1, -0.05) is 0 Å². The van der Waals surface area contributed by atoms with Crippen LogP contribution in [0.25, 0.3) is 11.0 Å². The van der Waals surface area contributed by atoms with Crippen molar-refractivity contribution in [1.82, 2.24) is 4.90 Å². The fourth-order valence-electron chi connectivity index (χ4n) is 3.69. The van der Waals surface area contributed by atoms with Crippen molar-refractivity contribution in [3.05, 3.63) is 32.7 Å². The van der Waals surface area contributed by atoms with Gasteiger partial charge in [-0.05, 0) is 39.2 Å². The Morgan fingerprint density at radius 1 is 1.30 bits per heavy atom. The molecule has 0 atom stereocenters. The van der Waals surface area contributed by atoms with Crippen LogP contribution in [0.5, 0.6) is 11.5 Å². The number of hydrogen-bond acceptors (Lipinski definition) is 6. The van der Waals surface area contributed by atoms with Gasteiger partial charge in [0.15, 0.2) is 23.4 Å². The molecule has 0 aliphatic carbocycles. The van der Waals surface area contributed by atoms with Gasteiger partial charge in [-0.25, -0.2) is 4.79 Å². The fourth-order valence-corrected chi connectivity index (χ4v) is 3.69. The summed E-state index contributed by atoms with van der Waals surface area (Å²) in [7, 11) is 0. The van der Waals surface area contributed by atoms with Gasteiger partial charge in [-0.15, -0.1) is 0 Å². The van der Waals surface area contributed by atoms with E-state index in [1.807, 2.05) is 13.8 Å². The highest BCUT2D eigenvalue weighted by molar-refractivity contribution is 6.02. The number of fused-ring (bicyclic) bond motifs is 3. The summed E-state index contributed by atoms with van der Waals surface area (Å²) in [6, 6.07) is 0. The average Bonchev–Trinajstić information content (AvgIpc) is 2.66. The number of nitrogens with zero attached hydrogens (tertiary/aromatic N) is 1. The molecule has 1 aromatic carbocycles. The highest BCUT2D eigenvalue weighted by Gasteiger charge is 2.28. The molecule has 3 rings (SSSR count). The van der Waals surface area contributed by atoms with Crippen LogP contribution < -0.4 is 10.4 Å². The van der Waals surface area contributed by atoms with Crippen molar-refractivity contribution in [2.45, 2.75) is 40.0 Å². The third-order valence-corrected chi connectivity index (χ3v) is 5.17. The van der Waals surface area contributed by atoms with Gasteiger partial charge < -0.3 is 19.2 Å². The molecule has 1 aliphatic heterocycles. The summed E-state index contributed by atoms with van der Waals surface area (Å²) in [5.74, 6) is -0.204. The SMILES string of the molecule is CCN(CC)C(=O)Cc1c(C)c2c3c(c(O)c(C=O)c2oc1=O)OCCC3. The zero-order valence-corrected chi connectivity index (χ0v) is 15.8. The molecule has 144 valence electrons. The van der Waals surface area contributed by atoms with E-state index in [1.165, 1.54) is 0 Å². The predicted molar refractivity (Wildman–Crippen MR) is 99.7 cm³/mol. The molecule has 0 bridgehead atoms. The number of aryl methyl sites for hydroxylation is 2. The molecule has 0 spiro atoms. The van der Waals surface area contributed by atoms with E-state index in [4.69, 9.17) is 9.15 Å². The highest BCUT2D eigenvalue weighted by atomic mass is 16.5. The third-order valence-electron chi connectivity index (χ3n) is 5.17. The molecule has 0 saturated carbocycles. The van der Waals surface area contributed by atoms with E-state index in [1.54, 1.807) is 11.8 Å². The molecule has 1 aromatic heterocycles. The first kappa shape index (κ1) is 18.9. The van der Waals surface area contributed by atoms with E-state index in [0.717, 1.165) is 6.42 Å². The summed E-state index contributed by atoms with van der Waals surface area (Å²) in [6.07, 6.45) is 1.75.